The predicted octanol–water partition coefficient (Wildman–Crippen LogP) is 5.87. The summed E-state index contributed by atoms with van der Waals surface area (Å²) < 4.78 is 13.5. The highest BCUT2D eigenvalue weighted by Crippen LogP contribution is 2.28. The first kappa shape index (κ1) is 24.2. The highest BCUT2D eigenvalue weighted by atomic mass is 35.5. The first-order valence-corrected chi connectivity index (χ1v) is 11.3. The number of benzene rings is 2. The van der Waals surface area contributed by atoms with Crippen molar-refractivity contribution in [2.24, 2.45) is 0 Å². The van der Waals surface area contributed by atoms with Crippen LogP contribution >= 0.6 is 23.2 Å². The molecule has 0 aliphatic heterocycles. The van der Waals surface area contributed by atoms with Gasteiger partial charge < -0.3 is 16.0 Å². The van der Waals surface area contributed by atoms with Crippen molar-refractivity contribution >= 4 is 40.6 Å². The van der Waals surface area contributed by atoms with Crippen molar-refractivity contribution in [3.63, 3.8) is 0 Å². The Morgan fingerprint density at radius 1 is 1.16 bits per heavy atom. The maximum atomic E-state index is 13.5. The molecule has 2 amide bonds. The number of nitrogens with one attached hydrogen (secondary N) is 3. The van der Waals surface area contributed by atoms with Crippen molar-refractivity contribution < 1.29 is 14.1 Å². The minimum absolute atomic E-state index is 0.0213. The molecule has 1 aliphatic carbocycles. The number of halogens is 3. The molecule has 1 unspecified atom stereocenters. The van der Waals surface area contributed by atoms with E-state index in [1.165, 1.54) is 31.7 Å². The molecule has 32 heavy (non-hydrogen) atoms. The Kier molecular flexibility index (Phi) is 8.67. The van der Waals surface area contributed by atoms with Gasteiger partial charge in [0, 0.05) is 30.3 Å². The van der Waals surface area contributed by atoms with E-state index in [4.69, 9.17) is 23.2 Å². The normalized spacial score (nSPS) is 14.8. The highest BCUT2D eigenvalue weighted by Gasteiger charge is 2.19. The third kappa shape index (κ3) is 6.79. The van der Waals surface area contributed by atoms with E-state index in [1.54, 1.807) is 12.1 Å². The quantitative estimate of drug-likeness (QED) is 0.307. The predicted molar refractivity (Wildman–Crippen MR) is 124 cm³/mol. The van der Waals surface area contributed by atoms with Crippen LogP contribution in [0.4, 0.5) is 20.6 Å². The molecule has 0 saturated heterocycles. The number of hydrogen-bond acceptors (Lipinski definition) is 4. The smallest absolute Gasteiger partial charge is 0.319 e. The van der Waals surface area contributed by atoms with Crippen LogP contribution in [0, 0.1) is 15.9 Å². The molecule has 3 rings (SSSR count). The van der Waals surface area contributed by atoms with Crippen molar-refractivity contribution in [2.75, 3.05) is 18.4 Å². The average molecular weight is 483 g/mol. The molecule has 1 fully saturated rings. The number of carbonyl (C=O) groups is 1. The van der Waals surface area contributed by atoms with Crippen LogP contribution in [-0.2, 0) is 0 Å². The van der Waals surface area contributed by atoms with Crippen LogP contribution in [0.25, 0.3) is 0 Å². The van der Waals surface area contributed by atoms with Crippen LogP contribution in [0.15, 0.2) is 36.4 Å². The standard InChI is InChI=1S/C22H25Cl2FN4O3/c23-18-7-5-14(11-19(18)24)15(9-10-26-16-3-1-2-4-16)13-27-22(30)28-17-6-8-20(25)21(12-17)29(31)32/h5-8,11-12,15-16,26H,1-4,9-10,13H2,(H2,27,28,30). The Morgan fingerprint density at radius 2 is 1.91 bits per heavy atom. The summed E-state index contributed by atoms with van der Waals surface area (Å²) >= 11 is 12.2. The number of amides is 2. The average Bonchev–Trinajstić information content (AvgIpc) is 3.27. The summed E-state index contributed by atoms with van der Waals surface area (Å²) in [5.41, 5.74) is 0.379. The maximum Gasteiger partial charge on any atom is 0.319 e. The fourth-order valence-electron chi connectivity index (χ4n) is 3.87. The lowest BCUT2D eigenvalue weighted by atomic mass is 9.95. The molecule has 172 valence electrons. The fourth-order valence-corrected chi connectivity index (χ4v) is 4.17. The van der Waals surface area contributed by atoms with Crippen LogP contribution in [-0.4, -0.2) is 30.1 Å². The summed E-state index contributed by atoms with van der Waals surface area (Å²) in [5, 5.41) is 20.7. The summed E-state index contributed by atoms with van der Waals surface area (Å²) in [4.78, 5) is 22.4. The highest BCUT2D eigenvalue weighted by molar-refractivity contribution is 6.42. The van der Waals surface area contributed by atoms with Gasteiger partial charge in [0.25, 0.3) is 0 Å². The summed E-state index contributed by atoms with van der Waals surface area (Å²) in [5.74, 6) is -0.984. The van der Waals surface area contributed by atoms with Crippen LogP contribution in [0.3, 0.4) is 0 Å². The summed E-state index contributed by atoms with van der Waals surface area (Å²) in [6, 6.07) is 8.61. The van der Waals surface area contributed by atoms with Gasteiger partial charge in [-0.15, -0.1) is 0 Å². The van der Waals surface area contributed by atoms with Gasteiger partial charge in [-0.05, 0) is 55.6 Å². The summed E-state index contributed by atoms with van der Waals surface area (Å²) in [6.45, 7) is 1.11. The zero-order valence-corrected chi connectivity index (χ0v) is 18.9. The minimum Gasteiger partial charge on any atom is -0.337 e. The maximum absolute atomic E-state index is 13.5. The first-order chi connectivity index (χ1) is 15.3. The van der Waals surface area contributed by atoms with Crippen molar-refractivity contribution in [2.45, 2.75) is 44.1 Å². The zero-order chi connectivity index (χ0) is 23.1. The second-order valence-electron chi connectivity index (χ2n) is 7.85. The molecular formula is C22H25Cl2FN4O3. The topological polar surface area (TPSA) is 96.3 Å². The SMILES string of the molecule is O=C(NCC(CCNC1CCCC1)c1ccc(Cl)c(Cl)c1)Nc1ccc(F)c([N+](=O)[O-])c1. The minimum atomic E-state index is -0.963. The van der Waals surface area contributed by atoms with E-state index < -0.39 is 22.5 Å². The lowest BCUT2D eigenvalue weighted by Gasteiger charge is -2.21. The molecule has 0 aromatic heterocycles. The Hall–Kier alpha value is -2.42. The van der Waals surface area contributed by atoms with Gasteiger partial charge in [0.2, 0.25) is 5.82 Å². The molecule has 3 N–H and O–H groups in total. The molecule has 1 saturated carbocycles. The third-order valence-electron chi connectivity index (χ3n) is 5.61. The number of nitrogens with zero attached hydrogens (tertiary/aromatic N) is 1. The van der Waals surface area contributed by atoms with Gasteiger partial charge in [0.05, 0.1) is 15.0 Å². The second kappa shape index (κ2) is 11.4. The molecule has 0 bridgehead atoms. The zero-order valence-electron chi connectivity index (χ0n) is 17.4. The van der Waals surface area contributed by atoms with E-state index in [0.29, 0.717) is 22.6 Å². The van der Waals surface area contributed by atoms with Gasteiger partial charge in [0.15, 0.2) is 0 Å². The number of nitro benzene ring substituents is 1. The summed E-state index contributed by atoms with van der Waals surface area (Å²) in [6.07, 6.45) is 5.63. The van der Waals surface area contributed by atoms with Gasteiger partial charge in [0.1, 0.15) is 0 Å². The number of urea groups is 1. The van der Waals surface area contributed by atoms with E-state index in [2.05, 4.69) is 16.0 Å². The van der Waals surface area contributed by atoms with Crippen molar-refractivity contribution in [3.05, 3.63) is 67.9 Å². The molecular weight excluding hydrogens is 458 g/mol. The van der Waals surface area contributed by atoms with Crippen LogP contribution < -0.4 is 16.0 Å². The lowest BCUT2D eigenvalue weighted by molar-refractivity contribution is -0.387. The molecule has 1 atom stereocenters. The Balaban J connectivity index is 1.61. The number of rotatable bonds is 9. The van der Waals surface area contributed by atoms with Gasteiger partial charge in [-0.25, -0.2) is 4.79 Å². The van der Waals surface area contributed by atoms with Crippen LogP contribution in [0.5, 0.6) is 0 Å². The molecule has 7 nitrogen and oxygen atoms in total. The molecule has 2 aromatic carbocycles. The second-order valence-corrected chi connectivity index (χ2v) is 8.67. The van der Waals surface area contributed by atoms with Gasteiger partial charge in [-0.3, -0.25) is 10.1 Å². The Bertz CT molecular complexity index is 970. The van der Waals surface area contributed by atoms with Crippen molar-refractivity contribution in [3.8, 4) is 0 Å². The van der Waals surface area contributed by atoms with Crippen molar-refractivity contribution in [1.82, 2.24) is 10.6 Å². The largest absolute Gasteiger partial charge is 0.337 e. The number of carbonyl (C=O) groups excluding carboxylic acids is 1. The lowest BCUT2D eigenvalue weighted by Crippen LogP contribution is -2.34. The molecule has 0 spiro atoms. The molecule has 10 heteroatoms. The fraction of sp³-hybridized carbons (Fsp3) is 0.409. The Labute approximate surface area is 195 Å². The molecule has 1 aliphatic rings. The monoisotopic (exact) mass is 482 g/mol. The van der Waals surface area contributed by atoms with E-state index in [1.807, 2.05) is 6.07 Å². The van der Waals surface area contributed by atoms with E-state index in [9.17, 15) is 19.3 Å². The van der Waals surface area contributed by atoms with E-state index in [0.717, 1.165) is 30.7 Å². The van der Waals surface area contributed by atoms with Gasteiger partial charge in [-0.1, -0.05) is 42.1 Å². The Morgan fingerprint density at radius 3 is 2.59 bits per heavy atom. The van der Waals surface area contributed by atoms with E-state index in [-0.39, 0.29) is 11.6 Å². The summed E-state index contributed by atoms with van der Waals surface area (Å²) in [7, 11) is 0. The first-order valence-electron chi connectivity index (χ1n) is 10.5. The van der Waals surface area contributed by atoms with Gasteiger partial charge in [-0.2, -0.15) is 4.39 Å². The number of anilines is 1. The van der Waals surface area contributed by atoms with Gasteiger partial charge >= 0.3 is 11.7 Å². The van der Waals surface area contributed by atoms with Crippen LogP contribution in [0.1, 0.15) is 43.6 Å². The van der Waals surface area contributed by atoms with Crippen molar-refractivity contribution in [1.29, 1.82) is 0 Å². The van der Waals surface area contributed by atoms with Crippen LogP contribution in [0.2, 0.25) is 10.0 Å². The number of hydrogen-bond donors (Lipinski definition) is 3. The molecule has 2 aromatic rings. The molecule has 0 radical (unpaired) electrons. The third-order valence-corrected chi connectivity index (χ3v) is 6.34. The van der Waals surface area contributed by atoms with E-state index >= 15 is 0 Å². The molecule has 0 heterocycles. The number of nitro groups is 1.